The topological polar surface area (TPSA) is 15.3 Å². The monoisotopic (exact) mass is 360 g/mol. The molecule has 0 saturated carbocycles. The van der Waals surface area contributed by atoms with Crippen molar-refractivity contribution in [3.63, 3.8) is 0 Å². The number of anilines is 2. The third kappa shape index (κ3) is 10.1. The fourth-order valence-corrected chi connectivity index (χ4v) is 2.33. The Kier molecular flexibility index (Phi) is 17.9. The van der Waals surface area contributed by atoms with Crippen LogP contribution in [0.4, 0.5) is 11.4 Å². The van der Waals surface area contributed by atoms with Crippen molar-refractivity contribution in [2.45, 2.75) is 75.7 Å². The van der Waals surface area contributed by atoms with Gasteiger partial charge in [-0.05, 0) is 18.8 Å². The zero-order valence-corrected chi connectivity index (χ0v) is 19.0. The van der Waals surface area contributed by atoms with Gasteiger partial charge in [-0.3, -0.25) is 0 Å². The van der Waals surface area contributed by atoms with Crippen molar-refractivity contribution >= 4 is 35.8 Å². The van der Waals surface area contributed by atoms with E-state index in [-0.39, 0.29) is 0 Å². The minimum absolute atomic E-state index is 0.346. The van der Waals surface area contributed by atoms with Crippen LogP contribution in [-0.4, -0.2) is 20.1 Å². The quantitative estimate of drug-likeness (QED) is 0.550. The number of rotatable bonds is 5. The second kappa shape index (κ2) is 15.1. The Morgan fingerprint density at radius 3 is 1.70 bits per heavy atom. The Labute approximate surface area is 156 Å². The molecule has 0 unspecified atom stereocenters. The van der Waals surface area contributed by atoms with Gasteiger partial charge >= 0.3 is 0 Å². The maximum atomic E-state index is 5.32. The van der Waals surface area contributed by atoms with E-state index in [1.54, 1.807) is 0 Å². The maximum Gasteiger partial charge on any atom is 0.0834 e. The highest BCUT2D eigenvalue weighted by Crippen LogP contribution is 2.35. The van der Waals surface area contributed by atoms with Crippen LogP contribution in [0.25, 0.3) is 0 Å². The van der Waals surface area contributed by atoms with E-state index < -0.39 is 0 Å². The van der Waals surface area contributed by atoms with Crippen molar-refractivity contribution in [2.24, 2.45) is 5.41 Å². The molecule has 2 nitrogen and oxygen atoms in total. The summed E-state index contributed by atoms with van der Waals surface area (Å²) in [5.41, 5.74) is 2.53. The smallest absolute Gasteiger partial charge is 0.0834 e. The number of nitrogens with one attached hydrogen (secondary N) is 1. The van der Waals surface area contributed by atoms with Gasteiger partial charge in [0.15, 0.2) is 0 Å². The average Bonchev–Trinajstić information content (AvgIpc) is 2.57. The Bertz CT molecular complexity index is 452. The molecular weight excluding hydrogens is 320 g/mol. The highest BCUT2D eigenvalue weighted by Gasteiger charge is 2.19. The van der Waals surface area contributed by atoms with Gasteiger partial charge < -0.3 is 10.2 Å². The summed E-state index contributed by atoms with van der Waals surface area (Å²) in [5, 5.41) is 3.30. The van der Waals surface area contributed by atoms with Gasteiger partial charge in [-0.25, -0.2) is 0 Å². The summed E-state index contributed by atoms with van der Waals surface area (Å²) in [7, 11) is 2.09. The van der Waals surface area contributed by atoms with Gasteiger partial charge in [0.25, 0.3) is 0 Å². The van der Waals surface area contributed by atoms with E-state index in [9.17, 15) is 0 Å². The van der Waals surface area contributed by atoms with Gasteiger partial charge in [-0.2, -0.15) is 0 Å². The van der Waals surface area contributed by atoms with Gasteiger partial charge in [0.1, 0.15) is 0 Å². The molecule has 0 atom stereocenters. The van der Waals surface area contributed by atoms with E-state index in [1.165, 1.54) is 0 Å². The first-order valence-electron chi connectivity index (χ1n) is 9.06. The van der Waals surface area contributed by atoms with Crippen molar-refractivity contribution in [1.29, 1.82) is 0 Å². The molecule has 0 saturated heterocycles. The lowest BCUT2D eigenvalue weighted by Crippen LogP contribution is -2.25. The van der Waals surface area contributed by atoms with E-state index in [0.29, 0.717) is 5.41 Å². The van der Waals surface area contributed by atoms with Crippen LogP contribution in [0.5, 0.6) is 0 Å². The van der Waals surface area contributed by atoms with Gasteiger partial charge in [-0.15, -0.1) is 0 Å². The van der Waals surface area contributed by atoms with Crippen molar-refractivity contribution < 1.29 is 0 Å². The maximum absolute atomic E-state index is 5.32. The zero-order valence-electron chi connectivity index (χ0n) is 17.4. The van der Waals surface area contributed by atoms with Crippen LogP contribution in [0.1, 0.15) is 75.7 Å². The molecule has 0 fully saturated rings. The van der Waals surface area contributed by atoms with Crippen molar-refractivity contribution in [2.75, 3.05) is 30.4 Å². The van der Waals surface area contributed by atoms with Crippen molar-refractivity contribution in [3.8, 4) is 0 Å². The molecule has 138 valence electrons. The first kappa shape index (κ1) is 27.4. The zero-order chi connectivity index (χ0) is 19.2. The molecule has 0 aliphatic carbocycles. The molecule has 0 radical (unpaired) electrons. The van der Waals surface area contributed by atoms with Crippen LogP contribution in [-0.2, 0) is 0 Å². The normalized spacial score (nSPS) is 9.52. The van der Waals surface area contributed by atoms with Gasteiger partial charge in [-0.1, -0.05) is 86.7 Å². The Balaban J connectivity index is -0.000000595. The summed E-state index contributed by atoms with van der Waals surface area (Å²) < 4.78 is 1.66. The lowest BCUT2D eigenvalue weighted by molar-refractivity contribution is 0.381. The molecule has 1 N–H and O–H groups in total. The minimum atomic E-state index is 0.346. The summed E-state index contributed by atoms with van der Waals surface area (Å²) in [5.74, 6) is 0. The Hall–Kier alpha value is -0.480. The number of hydrogen-bond donors (Lipinski definition) is 1. The van der Waals surface area contributed by atoms with E-state index >= 15 is 0 Å². The van der Waals surface area contributed by atoms with Crippen LogP contribution in [0, 0.1) is 14.4 Å². The largest absolute Gasteiger partial charge is 0.382 e. The van der Waals surface area contributed by atoms with Crippen LogP contribution in [0.3, 0.4) is 0 Å². The lowest BCUT2D eigenvalue weighted by atomic mass is 9.92. The predicted molar refractivity (Wildman–Crippen MR) is 116 cm³/mol. The summed E-state index contributed by atoms with van der Waals surface area (Å²) in [6.07, 6.45) is 1.14. The average molecular weight is 361 g/mol. The Morgan fingerprint density at radius 2 is 1.35 bits per heavy atom. The van der Waals surface area contributed by atoms with Gasteiger partial charge in [0, 0.05) is 20.1 Å². The predicted octanol–water partition coefficient (Wildman–Crippen LogP) is 7.40. The third-order valence-corrected chi connectivity index (χ3v) is 3.75. The molecule has 23 heavy (non-hydrogen) atoms. The standard InChI is InChI=1S/C13H22N2S2.3C2H6/c1-6-14-9-10(12(17)11(9)16)15(5)8-7-13(2,3)4;3*1-2/h14H,6-8H2,1-5H3;3*1-2H3. The van der Waals surface area contributed by atoms with E-state index in [4.69, 9.17) is 24.4 Å². The molecular formula is C19H40N2S2. The molecule has 0 heterocycles. The molecule has 0 aliphatic heterocycles. The van der Waals surface area contributed by atoms with Gasteiger partial charge in [0.05, 0.1) is 20.4 Å². The molecule has 1 aromatic carbocycles. The molecule has 0 aliphatic rings. The SMILES string of the molecule is CC.CC.CC.CCNc1c(N(C)CCC(C)(C)C)c(=S)c1=S. The first-order chi connectivity index (χ1) is 10.8. The molecule has 1 aromatic rings. The Morgan fingerprint density at radius 1 is 0.913 bits per heavy atom. The van der Waals surface area contributed by atoms with E-state index in [2.05, 4.69) is 45.0 Å². The lowest BCUT2D eigenvalue weighted by Gasteiger charge is -2.28. The fraction of sp³-hybridized carbons (Fsp3) is 0.789. The summed E-state index contributed by atoms with van der Waals surface area (Å²) in [4.78, 5) is 2.22. The van der Waals surface area contributed by atoms with E-state index in [0.717, 1.165) is 39.9 Å². The molecule has 0 aromatic heterocycles. The van der Waals surface area contributed by atoms with Crippen LogP contribution in [0.15, 0.2) is 0 Å². The summed E-state index contributed by atoms with van der Waals surface area (Å²) in [6.45, 7) is 22.7. The molecule has 4 heteroatoms. The molecule has 0 spiro atoms. The molecule has 0 amide bonds. The van der Waals surface area contributed by atoms with E-state index in [1.807, 2.05) is 41.5 Å². The number of hydrogen-bond acceptors (Lipinski definition) is 4. The van der Waals surface area contributed by atoms with Crippen molar-refractivity contribution in [1.82, 2.24) is 0 Å². The summed E-state index contributed by atoms with van der Waals surface area (Å²) >= 11 is 10.6. The van der Waals surface area contributed by atoms with Gasteiger partial charge in [0.2, 0.25) is 0 Å². The highest BCUT2D eigenvalue weighted by atomic mass is 32.1. The minimum Gasteiger partial charge on any atom is -0.382 e. The van der Waals surface area contributed by atoms with Crippen molar-refractivity contribution in [3.05, 3.63) is 9.02 Å². The van der Waals surface area contributed by atoms with Crippen LogP contribution in [0.2, 0.25) is 0 Å². The summed E-state index contributed by atoms with van der Waals surface area (Å²) in [6, 6.07) is 0. The van der Waals surface area contributed by atoms with Crippen LogP contribution >= 0.6 is 24.4 Å². The second-order valence-electron chi connectivity index (χ2n) is 5.64. The third-order valence-electron chi connectivity index (χ3n) is 2.82. The van der Waals surface area contributed by atoms with Crippen LogP contribution < -0.4 is 10.2 Å². The highest BCUT2D eigenvalue weighted by molar-refractivity contribution is 7.74. The number of nitrogens with zero attached hydrogens (tertiary/aromatic N) is 1. The molecule has 0 bridgehead atoms. The molecule has 1 rings (SSSR count). The first-order valence-corrected chi connectivity index (χ1v) is 9.88. The second-order valence-corrected chi connectivity index (χ2v) is 6.46. The fourth-order valence-electron chi connectivity index (χ4n) is 1.70.